The van der Waals surface area contributed by atoms with E-state index < -0.39 is 18.8 Å². The van der Waals surface area contributed by atoms with Gasteiger partial charge in [0.25, 0.3) is 0 Å². The molecule has 1 aromatic carbocycles. The minimum Gasteiger partial charge on any atom is -0.326 e. The largest absolute Gasteiger partial charge is 0.406 e. The van der Waals surface area contributed by atoms with Crippen LogP contribution < -0.4 is 11.1 Å². The number of carbonyl (C=O) groups is 1. The molecule has 0 bridgehead atoms. The summed E-state index contributed by atoms with van der Waals surface area (Å²) in [7, 11) is 0. The first-order valence-electron chi connectivity index (χ1n) is 6.27. The molecule has 0 saturated carbocycles. The van der Waals surface area contributed by atoms with Gasteiger partial charge >= 0.3 is 12.2 Å². The number of carbonyl (C=O) groups excluding carboxylic acids is 1. The van der Waals surface area contributed by atoms with Crippen molar-refractivity contribution in [2.45, 2.75) is 26.1 Å². The van der Waals surface area contributed by atoms with Crippen LogP contribution >= 0.6 is 0 Å². The van der Waals surface area contributed by atoms with E-state index in [4.69, 9.17) is 5.73 Å². The van der Waals surface area contributed by atoms with Crippen LogP contribution in [0, 0.1) is 0 Å². The molecule has 112 valence electrons. The normalized spacial score (nSPS) is 11.2. The summed E-state index contributed by atoms with van der Waals surface area (Å²) in [5.41, 5.74) is 6.76. The van der Waals surface area contributed by atoms with E-state index in [2.05, 4.69) is 5.32 Å². The van der Waals surface area contributed by atoms with Crippen molar-refractivity contribution in [3.8, 4) is 0 Å². The predicted octanol–water partition coefficient (Wildman–Crippen LogP) is 2.95. The number of alkyl halides is 3. The summed E-state index contributed by atoms with van der Waals surface area (Å²) < 4.78 is 37.2. The SMILES string of the molecule is CCCN(CC(F)(F)F)C(=O)Nc1ccc(CN)cc1. The van der Waals surface area contributed by atoms with Gasteiger partial charge in [-0.2, -0.15) is 13.2 Å². The number of hydrogen-bond donors (Lipinski definition) is 2. The zero-order chi connectivity index (χ0) is 15.2. The van der Waals surface area contributed by atoms with E-state index >= 15 is 0 Å². The van der Waals surface area contributed by atoms with Gasteiger partial charge in [-0.05, 0) is 24.1 Å². The number of urea groups is 1. The predicted molar refractivity (Wildman–Crippen MR) is 71.3 cm³/mol. The molecule has 0 radical (unpaired) electrons. The van der Waals surface area contributed by atoms with E-state index in [0.717, 1.165) is 10.5 Å². The molecule has 0 aliphatic rings. The van der Waals surface area contributed by atoms with Crippen molar-refractivity contribution in [1.29, 1.82) is 0 Å². The van der Waals surface area contributed by atoms with E-state index in [1.54, 1.807) is 31.2 Å². The number of nitrogens with zero attached hydrogens (tertiary/aromatic N) is 1. The van der Waals surface area contributed by atoms with Crippen molar-refractivity contribution >= 4 is 11.7 Å². The summed E-state index contributed by atoms with van der Waals surface area (Å²) in [6, 6.07) is 5.88. The summed E-state index contributed by atoms with van der Waals surface area (Å²) in [6.07, 6.45) is -3.95. The Bertz CT molecular complexity index is 431. The molecule has 0 atom stereocenters. The average Bonchev–Trinajstić information content (AvgIpc) is 2.37. The van der Waals surface area contributed by atoms with Crippen LogP contribution in [-0.2, 0) is 6.54 Å². The number of nitrogens with one attached hydrogen (secondary N) is 1. The van der Waals surface area contributed by atoms with Crippen molar-refractivity contribution in [2.75, 3.05) is 18.4 Å². The van der Waals surface area contributed by atoms with Crippen molar-refractivity contribution in [2.24, 2.45) is 5.73 Å². The van der Waals surface area contributed by atoms with Crippen molar-refractivity contribution in [3.05, 3.63) is 29.8 Å². The molecular weight excluding hydrogens is 271 g/mol. The van der Waals surface area contributed by atoms with Gasteiger partial charge in [0, 0.05) is 18.8 Å². The molecule has 1 rings (SSSR count). The molecule has 0 fully saturated rings. The van der Waals surface area contributed by atoms with Gasteiger partial charge in [0.05, 0.1) is 0 Å². The highest BCUT2D eigenvalue weighted by atomic mass is 19.4. The summed E-state index contributed by atoms with van der Waals surface area (Å²) >= 11 is 0. The molecule has 7 heteroatoms. The summed E-state index contributed by atoms with van der Waals surface area (Å²) in [5, 5.41) is 2.45. The van der Waals surface area contributed by atoms with Crippen LogP contribution in [0.4, 0.5) is 23.7 Å². The molecule has 2 amide bonds. The van der Waals surface area contributed by atoms with Gasteiger partial charge in [-0.15, -0.1) is 0 Å². The molecule has 0 aromatic heterocycles. The van der Waals surface area contributed by atoms with Crippen LogP contribution in [-0.4, -0.2) is 30.2 Å². The second kappa shape index (κ2) is 7.14. The van der Waals surface area contributed by atoms with Gasteiger partial charge < -0.3 is 16.0 Å². The van der Waals surface area contributed by atoms with Gasteiger partial charge in [-0.3, -0.25) is 0 Å². The fraction of sp³-hybridized carbons (Fsp3) is 0.462. The molecule has 3 N–H and O–H groups in total. The van der Waals surface area contributed by atoms with Crippen LogP contribution in [0.15, 0.2) is 24.3 Å². The lowest BCUT2D eigenvalue weighted by Crippen LogP contribution is -2.41. The van der Waals surface area contributed by atoms with Crippen LogP contribution in [0.25, 0.3) is 0 Å². The number of rotatable bonds is 5. The Morgan fingerprint density at radius 3 is 2.35 bits per heavy atom. The van der Waals surface area contributed by atoms with Gasteiger partial charge in [0.1, 0.15) is 6.54 Å². The van der Waals surface area contributed by atoms with E-state index in [9.17, 15) is 18.0 Å². The number of benzene rings is 1. The van der Waals surface area contributed by atoms with Crippen LogP contribution in [0.2, 0.25) is 0 Å². The van der Waals surface area contributed by atoms with E-state index in [0.29, 0.717) is 18.7 Å². The lowest BCUT2D eigenvalue weighted by atomic mass is 10.2. The standard InChI is InChI=1S/C13H18F3N3O/c1-2-7-19(9-13(14,15)16)12(20)18-11-5-3-10(8-17)4-6-11/h3-6H,2,7-9,17H2,1H3,(H,18,20). The fourth-order valence-electron chi connectivity index (χ4n) is 1.67. The zero-order valence-corrected chi connectivity index (χ0v) is 11.2. The third-order valence-electron chi connectivity index (χ3n) is 2.59. The molecule has 0 saturated heterocycles. The van der Waals surface area contributed by atoms with Gasteiger partial charge in [-0.25, -0.2) is 4.79 Å². The lowest BCUT2D eigenvalue weighted by Gasteiger charge is -2.23. The Labute approximate surface area is 115 Å². The highest BCUT2D eigenvalue weighted by Gasteiger charge is 2.32. The Hall–Kier alpha value is -1.76. The molecule has 4 nitrogen and oxygen atoms in total. The molecule has 0 spiro atoms. The first-order valence-corrected chi connectivity index (χ1v) is 6.27. The van der Waals surface area contributed by atoms with Gasteiger partial charge in [0.15, 0.2) is 0 Å². The lowest BCUT2D eigenvalue weighted by molar-refractivity contribution is -0.139. The summed E-state index contributed by atoms with van der Waals surface area (Å²) in [6.45, 7) is 0.872. The first kappa shape index (κ1) is 16.3. The van der Waals surface area contributed by atoms with E-state index in [1.807, 2.05) is 0 Å². The minimum atomic E-state index is -4.41. The smallest absolute Gasteiger partial charge is 0.326 e. The van der Waals surface area contributed by atoms with Gasteiger partial charge in [-0.1, -0.05) is 19.1 Å². The minimum absolute atomic E-state index is 0.0478. The van der Waals surface area contributed by atoms with E-state index in [-0.39, 0.29) is 6.54 Å². The number of hydrogen-bond acceptors (Lipinski definition) is 2. The van der Waals surface area contributed by atoms with Gasteiger partial charge in [0.2, 0.25) is 0 Å². The maximum Gasteiger partial charge on any atom is 0.406 e. The highest BCUT2D eigenvalue weighted by molar-refractivity contribution is 5.89. The summed E-state index contributed by atoms with van der Waals surface area (Å²) in [4.78, 5) is 12.6. The maximum absolute atomic E-state index is 12.4. The number of nitrogens with two attached hydrogens (primary N) is 1. The molecular formula is C13H18F3N3O. The second-order valence-corrected chi connectivity index (χ2v) is 4.37. The topological polar surface area (TPSA) is 58.4 Å². The average molecular weight is 289 g/mol. The van der Waals surface area contributed by atoms with Crippen molar-refractivity contribution in [3.63, 3.8) is 0 Å². The zero-order valence-electron chi connectivity index (χ0n) is 11.2. The third-order valence-corrected chi connectivity index (χ3v) is 2.59. The molecule has 20 heavy (non-hydrogen) atoms. The van der Waals surface area contributed by atoms with Crippen molar-refractivity contribution in [1.82, 2.24) is 4.90 Å². The summed E-state index contributed by atoms with van der Waals surface area (Å²) in [5.74, 6) is 0. The molecule has 0 aliphatic carbocycles. The molecule has 1 aromatic rings. The first-order chi connectivity index (χ1) is 9.35. The second-order valence-electron chi connectivity index (χ2n) is 4.37. The Balaban J connectivity index is 2.69. The van der Waals surface area contributed by atoms with Crippen LogP contribution in [0.5, 0.6) is 0 Å². The molecule has 0 heterocycles. The fourth-order valence-corrected chi connectivity index (χ4v) is 1.67. The molecule has 0 unspecified atom stereocenters. The Kier molecular flexibility index (Phi) is 5.82. The van der Waals surface area contributed by atoms with Crippen molar-refractivity contribution < 1.29 is 18.0 Å². The highest BCUT2D eigenvalue weighted by Crippen LogP contribution is 2.18. The maximum atomic E-state index is 12.4. The van der Waals surface area contributed by atoms with E-state index in [1.165, 1.54) is 0 Å². The molecule has 0 aliphatic heterocycles. The Morgan fingerprint density at radius 2 is 1.90 bits per heavy atom. The Morgan fingerprint density at radius 1 is 1.30 bits per heavy atom. The number of amides is 2. The quantitative estimate of drug-likeness (QED) is 0.875. The third kappa shape index (κ3) is 5.48. The monoisotopic (exact) mass is 289 g/mol. The van der Waals surface area contributed by atoms with Crippen LogP contribution in [0.3, 0.4) is 0 Å². The number of anilines is 1. The van der Waals surface area contributed by atoms with Crippen LogP contribution in [0.1, 0.15) is 18.9 Å². The number of halogens is 3.